The Bertz CT molecular complexity index is 381. The fourth-order valence-electron chi connectivity index (χ4n) is 1.50. The third-order valence-corrected chi connectivity index (χ3v) is 2.70. The molecule has 1 atom stereocenters. The molecule has 1 aromatic rings. The molecule has 4 heteroatoms. The highest BCUT2D eigenvalue weighted by atomic mass is 19.1. The maximum absolute atomic E-state index is 13.0. The van der Waals surface area contributed by atoms with Crippen molar-refractivity contribution < 1.29 is 13.9 Å². The molecule has 0 aromatic heterocycles. The van der Waals surface area contributed by atoms with Gasteiger partial charge in [-0.15, -0.1) is 0 Å². The number of halogens is 1. The summed E-state index contributed by atoms with van der Waals surface area (Å²) in [4.78, 5) is 13.8. The van der Waals surface area contributed by atoms with E-state index in [1.807, 2.05) is 18.9 Å². The maximum atomic E-state index is 13.0. The van der Waals surface area contributed by atoms with Gasteiger partial charge in [0.15, 0.2) is 5.78 Å². The van der Waals surface area contributed by atoms with Crippen LogP contribution >= 0.6 is 0 Å². The number of rotatable bonds is 6. The Balaban J connectivity index is 2.60. The van der Waals surface area contributed by atoms with Crippen LogP contribution in [0, 0.1) is 5.82 Å². The molecule has 0 aliphatic rings. The lowest BCUT2D eigenvalue weighted by molar-refractivity contribution is 0.0841. The first-order valence-electron chi connectivity index (χ1n) is 5.52. The molecule has 0 spiro atoms. The van der Waals surface area contributed by atoms with Crippen LogP contribution in [0.3, 0.4) is 0 Å². The Labute approximate surface area is 101 Å². The van der Waals surface area contributed by atoms with Crippen molar-refractivity contribution in [3.8, 4) is 0 Å². The van der Waals surface area contributed by atoms with Crippen LogP contribution in [0.4, 0.5) is 4.39 Å². The van der Waals surface area contributed by atoms with E-state index in [2.05, 4.69) is 0 Å². The van der Waals surface area contributed by atoms with Crippen molar-refractivity contribution in [3.63, 3.8) is 0 Å². The predicted octanol–water partition coefficient (Wildman–Crippen LogP) is 1.98. The van der Waals surface area contributed by atoms with Crippen LogP contribution in [0.25, 0.3) is 0 Å². The summed E-state index contributed by atoms with van der Waals surface area (Å²) in [6.07, 6.45) is 0. The first-order valence-corrected chi connectivity index (χ1v) is 5.52. The van der Waals surface area contributed by atoms with Gasteiger partial charge in [-0.3, -0.25) is 9.69 Å². The van der Waals surface area contributed by atoms with E-state index in [0.29, 0.717) is 12.2 Å². The normalized spacial score (nSPS) is 12.8. The van der Waals surface area contributed by atoms with E-state index in [4.69, 9.17) is 4.74 Å². The maximum Gasteiger partial charge on any atom is 0.176 e. The smallest absolute Gasteiger partial charge is 0.176 e. The van der Waals surface area contributed by atoms with Gasteiger partial charge >= 0.3 is 0 Å². The van der Waals surface area contributed by atoms with Crippen LogP contribution in [0.5, 0.6) is 0 Å². The van der Waals surface area contributed by atoms with E-state index in [1.54, 1.807) is 19.2 Å². The number of nitrogens with zero attached hydrogens (tertiary/aromatic N) is 1. The lowest BCUT2D eigenvalue weighted by Crippen LogP contribution is -2.36. The van der Waals surface area contributed by atoms with E-state index in [9.17, 15) is 9.18 Å². The van der Waals surface area contributed by atoms with Crippen LogP contribution in [-0.4, -0.2) is 44.0 Å². The molecule has 1 aromatic carbocycles. The summed E-state index contributed by atoms with van der Waals surface area (Å²) >= 11 is 0. The summed E-state index contributed by atoms with van der Waals surface area (Å²) in [6.45, 7) is 2.79. The molecule has 0 N–H and O–H groups in total. The second-order valence-corrected chi connectivity index (χ2v) is 4.15. The highest BCUT2D eigenvalue weighted by Gasteiger charge is 2.14. The number of ether oxygens (including phenoxy) is 1. The van der Waals surface area contributed by atoms with E-state index in [0.717, 1.165) is 0 Å². The van der Waals surface area contributed by atoms with Crippen LogP contribution in [0.15, 0.2) is 24.3 Å². The lowest BCUT2D eigenvalue weighted by Gasteiger charge is -2.23. The zero-order chi connectivity index (χ0) is 12.8. The minimum Gasteiger partial charge on any atom is -0.383 e. The van der Waals surface area contributed by atoms with E-state index in [-0.39, 0.29) is 24.2 Å². The second-order valence-electron chi connectivity index (χ2n) is 4.15. The molecule has 94 valence electrons. The van der Waals surface area contributed by atoms with Crippen molar-refractivity contribution in [2.24, 2.45) is 0 Å². The summed E-state index contributed by atoms with van der Waals surface area (Å²) in [5.41, 5.74) is 0.404. The minimum absolute atomic E-state index is 0.0880. The van der Waals surface area contributed by atoms with E-state index >= 15 is 0 Å². The molecule has 0 aliphatic carbocycles. The molecule has 0 bridgehead atoms. The lowest BCUT2D eigenvalue weighted by atomic mass is 10.1. The van der Waals surface area contributed by atoms with Crippen molar-refractivity contribution in [2.75, 3.05) is 27.3 Å². The standard InChI is InChI=1S/C13H18FNO2/c1-10(9-17-3)15(2)8-13(16)11-5-4-6-12(14)7-11/h4-7,10H,8-9H2,1-3H3. The third-order valence-electron chi connectivity index (χ3n) is 2.70. The van der Waals surface area contributed by atoms with Gasteiger partial charge in [0.2, 0.25) is 0 Å². The molecule has 0 saturated carbocycles. The monoisotopic (exact) mass is 239 g/mol. The third kappa shape index (κ3) is 4.24. The number of hydrogen-bond acceptors (Lipinski definition) is 3. The van der Waals surface area contributed by atoms with Crippen molar-refractivity contribution in [2.45, 2.75) is 13.0 Å². The van der Waals surface area contributed by atoms with Crippen molar-refractivity contribution in [3.05, 3.63) is 35.6 Å². The number of ketones is 1. The fraction of sp³-hybridized carbons (Fsp3) is 0.462. The number of methoxy groups -OCH3 is 1. The van der Waals surface area contributed by atoms with Gasteiger partial charge in [0.1, 0.15) is 5.82 Å². The summed E-state index contributed by atoms with van der Waals surface area (Å²) in [7, 11) is 3.47. The zero-order valence-corrected chi connectivity index (χ0v) is 10.4. The molecule has 0 saturated heterocycles. The highest BCUT2D eigenvalue weighted by molar-refractivity contribution is 5.97. The average molecular weight is 239 g/mol. The SMILES string of the molecule is COCC(C)N(C)CC(=O)c1cccc(F)c1. The number of carbonyl (C=O) groups excluding carboxylic acids is 1. The van der Waals surface area contributed by atoms with Gasteiger partial charge in [-0.1, -0.05) is 12.1 Å². The van der Waals surface area contributed by atoms with Crippen LogP contribution in [-0.2, 0) is 4.74 Å². The van der Waals surface area contributed by atoms with Gasteiger partial charge in [0.05, 0.1) is 13.2 Å². The van der Waals surface area contributed by atoms with Crippen molar-refractivity contribution in [1.29, 1.82) is 0 Å². The first kappa shape index (κ1) is 13.8. The van der Waals surface area contributed by atoms with Crippen LogP contribution in [0.2, 0.25) is 0 Å². The second kappa shape index (κ2) is 6.47. The number of benzene rings is 1. The molecular weight excluding hydrogens is 221 g/mol. The quantitative estimate of drug-likeness (QED) is 0.711. The molecule has 0 heterocycles. The minimum atomic E-state index is -0.386. The summed E-state index contributed by atoms with van der Waals surface area (Å²) < 4.78 is 18.0. The Morgan fingerprint density at radius 2 is 2.24 bits per heavy atom. The highest BCUT2D eigenvalue weighted by Crippen LogP contribution is 2.06. The van der Waals surface area contributed by atoms with Crippen LogP contribution < -0.4 is 0 Å². The Kier molecular flexibility index (Phi) is 5.25. The van der Waals surface area contributed by atoms with Gasteiger partial charge in [-0.2, -0.15) is 0 Å². The molecule has 0 fully saturated rings. The molecule has 1 rings (SSSR count). The van der Waals surface area contributed by atoms with E-state index < -0.39 is 0 Å². The van der Waals surface area contributed by atoms with Crippen LogP contribution in [0.1, 0.15) is 17.3 Å². The van der Waals surface area contributed by atoms with Crippen molar-refractivity contribution in [1.82, 2.24) is 4.90 Å². The molecule has 0 aliphatic heterocycles. The molecule has 3 nitrogen and oxygen atoms in total. The number of carbonyl (C=O) groups is 1. The van der Waals surface area contributed by atoms with Gasteiger partial charge < -0.3 is 4.74 Å². The Morgan fingerprint density at radius 3 is 2.82 bits per heavy atom. The fourth-order valence-corrected chi connectivity index (χ4v) is 1.50. The Hall–Kier alpha value is -1.26. The van der Waals surface area contributed by atoms with Gasteiger partial charge in [-0.25, -0.2) is 4.39 Å². The molecule has 17 heavy (non-hydrogen) atoms. The Morgan fingerprint density at radius 1 is 1.53 bits per heavy atom. The summed E-state index contributed by atoms with van der Waals surface area (Å²) in [6, 6.07) is 5.91. The predicted molar refractivity (Wildman–Crippen MR) is 64.7 cm³/mol. The summed E-state index contributed by atoms with van der Waals surface area (Å²) in [5, 5.41) is 0. The largest absolute Gasteiger partial charge is 0.383 e. The topological polar surface area (TPSA) is 29.5 Å². The van der Waals surface area contributed by atoms with Gasteiger partial charge in [0, 0.05) is 18.7 Å². The van der Waals surface area contributed by atoms with Gasteiger partial charge in [0.25, 0.3) is 0 Å². The van der Waals surface area contributed by atoms with Crippen molar-refractivity contribution >= 4 is 5.78 Å². The van der Waals surface area contributed by atoms with Gasteiger partial charge in [-0.05, 0) is 26.1 Å². The summed E-state index contributed by atoms with van der Waals surface area (Å²) in [5.74, 6) is -0.474. The molecule has 1 unspecified atom stereocenters. The number of Topliss-reactive ketones (excluding diaryl/α,β-unsaturated/α-hetero) is 1. The molecule has 0 radical (unpaired) electrons. The average Bonchev–Trinajstić information content (AvgIpc) is 2.29. The molecular formula is C13H18FNO2. The number of hydrogen-bond donors (Lipinski definition) is 0. The number of likely N-dealkylation sites (N-methyl/N-ethyl adjacent to an activating group) is 1. The van der Waals surface area contributed by atoms with E-state index in [1.165, 1.54) is 12.1 Å². The first-order chi connectivity index (χ1) is 8.04. The molecule has 0 amide bonds. The zero-order valence-electron chi connectivity index (χ0n) is 10.4.